The van der Waals surface area contributed by atoms with Crippen molar-refractivity contribution in [2.24, 2.45) is 10.8 Å². The summed E-state index contributed by atoms with van der Waals surface area (Å²) in [7, 11) is 0. The van der Waals surface area contributed by atoms with Gasteiger partial charge in [-0.25, -0.2) is 0 Å². The van der Waals surface area contributed by atoms with Crippen molar-refractivity contribution in [3.05, 3.63) is 117 Å². The Bertz CT molecular complexity index is 1170. The van der Waals surface area contributed by atoms with Gasteiger partial charge in [0.1, 0.15) is 0 Å². The van der Waals surface area contributed by atoms with Crippen LogP contribution in [-0.2, 0) is 0 Å². The molecule has 0 heteroatoms. The Kier molecular flexibility index (Phi) is 13.4. The summed E-state index contributed by atoms with van der Waals surface area (Å²) in [5.74, 6) is 0. The molecule has 0 nitrogen and oxygen atoms in total. The van der Waals surface area contributed by atoms with Crippen LogP contribution in [0, 0.1) is 10.8 Å². The van der Waals surface area contributed by atoms with E-state index in [1.165, 1.54) is 72.8 Å². The molecule has 0 aromatic carbocycles. The van der Waals surface area contributed by atoms with Crippen molar-refractivity contribution in [3.8, 4) is 0 Å². The molecule has 2 rings (SSSR count). The molecule has 2 aliphatic carbocycles. The summed E-state index contributed by atoms with van der Waals surface area (Å²) in [6, 6.07) is 0. The van der Waals surface area contributed by atoms with Gasteiger partial charge in [0, 0.05) is 0 Å². The highest BCUT2D eigenvalue weighted by Gasteiger charge is 2.28. The third-order valence-corrected chi connectivity index (χ3v) is 8.80. The van der Waals surface area contributed by atoms with Gasteiger partial charge in [-0.2, -0.15) is 0 Å². The van der Waals surface area contributed by atoms with Gasteiger partial charge in [0.25, 0.3) is 0 Å². The molecular formula is C40H58. The minimum absolute atomic E-state index is 0.294. The first-order valence-electron chi connectivity index (χ1n) is 15.6. The molecule has 0 unspecified atom stereocenters. The van der Waals surface area contributed by atoms with E-state index in [2.05, 4.69) is 142 Å². The Morgan fingerprint density at radius 1 is 0.625 bits per heavy atom. The summed E-state index contributed by atoms with van der Waals surface area (Å²) in [6.07, 6.45) is 36.5. The van der Waals surface area contributed by atoms with E-state index in [1.807, 2.05) is 0 Å². The average Bonchev–Trinajstić information content (AvgIpc) is 2.85. The zero-order chi connectivity index (χ0) is 29.8. The molecule has 218 valence electrons. The molecule has 0 saturated heterocycles. The van der Waals surface area contributed by atoms with Gasteiger partial charge in [-0.15, -0.1) is 0 Å². The lowest BCUT2D eigenvalue weighted by molar-refractivity contribution is 0.354. The number of allylic oxidation sites excluding steroid dienone is 20. The van der Waals surface area contributed by atoms with Crippen molar-refractivity contribution in [2.75, 3.05) is 0 Å². The van der Waals surface area contributed by atoms with Crippen LogP contribution in [0.4, 0.5) is 0 Å². The molecule has 0 aromatic heterocycles. The molecule has 0 atom stereocenters. The monoisotopic (exact) mass is 538 g/mol. The van der Waals surface area contributed by atoms with Gasteiger partial charge in [0.05, 0.1) is 0 Å². The van der Waals surface area contributed by atoms with E-state index in [0.717, 1.165) is 6.42 Å². The maximum absolute atomic E-state index is 2.42. The fraction of sp³-hybridized carbons (Fsp3) is 0.500. The van der Waals surface area contributed by atoms with E-state index in [9.17, 15) is 0 Å². The minimum Gasteiger partial charge on any atom is -0.0736 e. The number of hydrogen-bond donors (Lipinski definition) is 0. The predicted molar refractivity (Wildman–Crippen MR) is 181 cm³/mol. The van der Waals surface area contributed by atoms with E-state index >= 15 is 0 Å². The smallest absolute Gasteiger partial charge is 0.0104 e. The van der Waals surface area contributed by atoms with Gasteiger partial charge in [-0.05, 0) is 109 Å². The van der Waals surface area contributed by atoms with Crippen molar-refractivity contribution in [1.29, 1.82) is 0 Å². The van der Waals surface area contributed by atoms with Gasteiger partial charge in [-0.1, -0.05) is 140 Å². The summed E-state index contributed by atoms with van der Waals surface area (Å²) in [4.78, 5) is 0. The van der Waals surface area contributed by atoms with E-state index in [-0.39, 0.29) is 0 Å². The molecule has 0 spiro atoms. The summed E-state index contributed by atoms with van der Waals surface area (Å²) in [5, 5.41) is 0. The van der Waals surface area contributed by atoms with Crippen LogP contribution in [-0.4, -0.2) is 0 Å². The molecule has 2 aliphatic rings. The zero-order valence-electron chi connectivity index (χ0n) is 27.6. The van der Waals surface area contributed by atoms with Crippen molar-refractivity contribution >= 4 is 0 Å². The molecule has 0 heterocycles. The molecule has 40 heavy (non-hydrogen) atoms. The quantitative estimate of drug-likeness (QED) is 0.181. The van der Waals surface area contributed by atoms with Gasteiger partial charge < -0.3 is 0 Å². The van der Waals surface area contributed by atoms with Gasteiger partial charge >= 0.3 is 0 Å². The molecule has 0 bridgehead atoms. The molecule has 0 amide bonds. The Labute approximate surface area is 248 Å². The highest BCUT2D eigenvalue weighted by atomic mass is 14.3. The number of hydrogen-bond acceptors (Lipinski definition) is 0. The van der Waals surface area contributed by atoms with Crippen LogP contribution in [0.1, 0.15) is 121 Å². The minimum atomic E-state index is 0.294. The lowest BCUT2D eigenvalue weighted by atomic mass is 9.71. The standard InChI is InChI=1S/C40H58/c1-31(19-13-21-33(3)25-27-37-35(5)23-15-29-39(37,7)8)17-11-12-18-32(2)20-14-22-34(4)26-28-38-36(6)24-16-30-40(38,9)10/h11-14,17-22,25,27H,15-16,23-24,26,28-30H2,1-10H3/b12-11+,19-13-,20-14+,27-25+,31-17+,32-18-,33-21+,34-22+. The molecule has 0 radical (unpaired) electrons. The Morgan fingerprint density at radius 2 is 1.12 bits per heavy atom. The van der Waals surface area contributed by atoms with Crippen LogP contribution in [0.2, 0.25) is 0 Å². The van der Waals surface area contributed by atoms with Gasteiger partial charge in [-0.3, -0.25) is 0 Å². The van der Waals surface area contributed by atoms with Crippen LogP contribution >= 0.6 is 0 Å². The fourth-order valence-corrected chi connectivity index (χ4v) is 6.15. The largest absolute Gasteiger partial charge is 0.0736 e. The third kappa shape index (κ3) is 11.5. The highest BCUT2D eigenvalue weighted by Crippen LogP contribution is 2.43. The SMILES string of the molecule is CC1=C(/C=C/C(C)=C/C=C\C(C)=C\C=C\C=C(C)/C=C/C=C(\C)CCC2=C(C)CCCC2(C)C)C(C)(C)CCC1. The highest BCUT2D eigenvalue weighted by molar-refractivity contribution is 5.37. The fourth-order valence-electron chi connectivity index (χ4n) is 6.15. The van der Waals surface area contributed by atoms with E-state index in [4.69, 9.17) is 0 Å². The predicted octanol–water partition coefficient (Wildman–Crippen LogP) is 12.8. The van der Waals surface area contributed by atoms with Crippen LogP contribution in [0.15, 0.2) is 117 Å². The van der Waals surface area contributed by atoms with Crippen molar-refractivity contribution < 1.29 is 0 Å². The maximum Gasteiger partial charge on any atom is -0.0104 e. The lowest BCUT2D eigenvalue weighted by Crippen LogP contribution is -2.20. The lowest BCUT2D eigenvalue weighted by Gasteiger charge is -2.34. The topological polar surface area (TPSA) is 0 Å². The molecule has 0 N–H and O–H groups in total. The second-order valence-corrected chi connectivity index (χ2v) is 13.6. The van der Waals surface area contributed by atoms with Gasteiger partial charge in [0.2, 0.25) is 0 Å². The summed E-state index contributed by atoms with van der Waals surface area (Å²) < 4.78 is 0. The summed E-state index contributed by atoms with van der Waals surface area (Å²) in [6.45, 7) is 23.0. The van der Waals surface area contributed by atoms with Gasteiger partial charge in [0.15, 0.2) is 0 Å². The number of rotatable bonds is 11. The Morgan fingerprint density at radius 3 is 1.70 bits per heavy atom. The average molecular weight is 539 g/mol. The maximum atomic E-state index is 2.42. The van der Waals surface area contributed by atoms with Crippen LogP contribution in [0.3, 0.4) is 0 Å². The first-order valence-corrected chi connectivity index (χ1v) is 15.6. The van der Waals surface area contributed by atoms with Crippen molar-refractivity contribution in [3.63, 3.8) is 0 Å². The Hall–Kier alpha value is -2.60. The van der Waals surface area contributed by atoms with E-state index in [0.29, 0.717) is 10.8 Å². The van der Waals surface area contributed by atoms with Crippen LogP contribution in [0.5, 0.6) is 0 Å². The molecule has 0 saturated carbocycles. The zero-order valence-corrected chi connectivity index (χ0v) is 27.6. The second kappa shape index (κ2) is 16.0. The summed E-state index contributed by atoms with van der Waals surface area (Å²) >= 11 is 0. The Balaban J connectivity index is 1.84. The first kappa shape index (κ1) is 33.6. The van der Waals surface area contributed by atoms with Crippen molar-refractivity contribution in [1.82, 2.24) is 0 Å². The van der Waals surface area contributed by atoms with Crippen LogP contribution in [0.25, 0.3) is 0 Å². The van der Waals surface area contributed by atoms with Crippen LogP contribution < -0.4 is 0 Å². The molecular weight excluding hydrogens is 480 g/mol. The molecule has 0 aliphatic heterocycles. The van der Waals surface area contributed by atoms with Crippen molar-refractivity contribution in [2.45, 2.75) is 121 Å². The van der Waals surface area contributed by atoms with E-state index < -0.39 is 0 Å². The summed E-state index contributed by atoms with van der Waals surface area (Å²) in [5.41, 5.74) is 12.3. The molecule has 0 aromatic rings. The second-order valence-electron chi connectivity index (χ2n) is 13.6. The normalized spacial score (nSPS) is 21.8. The first-order chi connectivity index (χ1) is 18.8. The third-order valence-electron chi connectivity index (χ3n) is 8.80. The van der Waals surface area contributed by atoms with E-state index in [1.54, 1.807) is 16.7 Å². The molecule has 0 fully saturated rings.